The molecule has 2 aromatic rings. The molecule has 1 amide bonds. The van der Waals surface area contributed by atoms with E-state index in [1.165, 1.54) is 36.7 Å². The van der Waals surface area contributed by atoms with E-state index in [1.807, 2.05) is 0 Å². The second kappa shape index (κ2) is 4.93. The fourth-order valence-corrected chi connectivity index (χ4v) is 1.50. The molecule has 1 aromatic carbocycles. The van der Waals surface area contributed by atoms with Crippen LogP contribution in [0.1, 0.15) is 10.4 Å². The summed E-state index contributed by atoms with van der Waals surface area (Å²) in [6, 6.07) is 7.14. The Kier molecular flexibility index (Phi) is 3.35. The van der Waals surface area contributed by atoms with Gasteiger partial charge in [0.2, 0.25) is 0 Å². The van der Waals surface area contributed by atoms with Gasteiger partial charge in [0, 0.05) is 18.1 Å². The number of anilines is 1. The third-order valence-electron chi connectivity index (χ3n) is 2.09. The van der Waals surface area contributed by atoms with Gasteiger partial charge in [-0.2, -0.15) is 0 Å². The quantitative estimate of drug-likeness (QED) is 0.890. The van der Waals surface area contributed by atoms with E-state index in [4.69, 9.17) is 11.6 Å². The van der Waals surface area contributed by atoms with Crippen LogP contribution in [-0.4, -0.2) is 10.9 Å². The number of hydrogen-bond donors (Lipinski definition) is 1. The summed E-state index contributed by atoms with van der Waals surface area (Å²) in [5.74, 6) is -0.839. The van der Waals surface area contributed by atoms with Crippen LogP contribution in [-0.2, 0) is 0 Å². The molecular formula is C12H8ClFN2O. The monoisotopic (exact) mass is 250 g/mol. The molecule has 0 radical (unpaired) electrons. The molecular weight excluding hydrogens is 243 g/mol. The Balaban J connectivity index is 2.20. The Morgan fingerprint density at radius 3 is 2.88 bits per heavy atom. The van der Waals surface area contributed by atoms with Crippen molar-refractivity contribution in [3.05, 3.63) is 59.1 Å². The number of rotatable bonds is 2. The molecule has 3 nitrogen and oxygen atoms in total. The number of nitrogens with zero attached hydrogens (tertiary/aromatic N) is 1. The average molecular weight is 251 g/mol. The highest BCUT2D eigenvalue weighted by molar-refractivity contribution is 6.34. The van der Waals surface area contributed by atoms with Crippen molar-refractivity contribution in [1.82, 2.24) is 4.98 Å². The highest BCUT2D eigenvalue weighted by atomic mass is 35.5. The zero-order valence-electron chi connectivity index (χ0n) is 8.65. The van der Waals surface area contributed by atoms with Crippen molar-refractivity contribution in [3.8, 4) is 0 Å². The molecule has 1 N–H and O–H groups in total. The van der Waals surface area contributed by atoms with Gasteiger partial charge in [0.05, 0.1) is 10.6 Å². The van der Waals surface area contributed by atoms with E-state index in [-0.39, 0.29) is 5.56 Å². The summed E-state index contributed by atoms with van der Waals surface area (Å²) < 4.78 is 12.9. The van der Waals surface area contributed by atoms with Crippen LogP contribution in [0.25, 0.3) is 0 Å². The summed E-state index contributed by atoms with van der Waals surface area (Å²) in [6.07, 6.45) is 2.85. The summed E-state index contributed by atoms with van der Waals surface area (Å²) in [7, 11) is 0. The van der Waals surface area contributed by atoms with Crippen LogP contribution in [0.3, 0.4) is 0 Å². The largest absolute Gasteiger partial charge is 0.322 e. The third-order valence-corrected chi connectivity index (χ3v) is 2.42. The molecule has 17 heavy (non-hydrogen) atoms. The van der Waals surface area contributed by atoms with Crippen LogP contribution in [0, 0.1) is 5.82 Å². The van der Waals surface area contributed by atoms with Crippen LogP contribution < -0.4 is 5.32 Å². The number of aromatic nitrogens is 1. The lowest BCUT2D eigenvalue weighted by molar-refractivity contribution is 0.102. The van der Waals surface area contributed by atoms with Gasteiger partial charge in [-0.1, -0.05) is 17.7 Å². The Morgan fingerprint density at radius 1 is 1.35 bits per heavy atom. The Morgan fingerprint density at radius 2 is 2.18 bits per heavy atom. The molecule has 0 saturated carbocycles. The van der Waals surface area contributed by atoms with E-state index in [2.05, 4.69) is 10.3 Å². The standard InChI is InChI=1S/C12H8ClFN2O/c13-11-4-5-15-7-10(11)12(17)16-9-3-1-2-8(14)6-9/h1-7H,(H,16,17). The normalized spacial score (nSPS) is 10.0. The molecule has 5 heteroatoms. The lowest BCUT2D eigenvalue weighted by Gasteiger charge is -2.05. The molecule has 0 fully saturated rings. The number of benzene rings is 1. The van der Waals surface area contributed by atoms with E-state index in [9.17, 15) is 9.18 Å². The number of carbonyl (C=O) groups excluding carboxylic acids is 1. The van der Waals surface area contributed by atoms with Crippen molar-refractivity contribution in [1.29, 1.82) is 0 Å². The maximum Gasteiger partial charge on any atom is 0.258 e. The molecule has 0 aliphatic rings. The molecule has 1 aromatic heterocycles. The molecule has 86 valence electrons. The van der Waals surface area contributed by atoms with Crippen molar-refractivity contribution in [3.63, 3.8) is 0 Å². The molecule has 0 bridgehead atoms. The first-order valence-electron chi connectivity index (χ1n) is 4.83. The lowest BCUT2D eigenvalue weighted by Crippen LogP contribution is -2.12. The van der Waals surface area contributed by atoms with Crippen molar-refractivity contribution in [2.45, 2.75) is 0 Å². The van der Waals surface area contributed by atoms with E-state index >= 15 is 0 Å². The smallest absolute Gasteiger partial charge is 0.258 e. The molecule has 1 heterocycles. The topological polar surface area (TPSA) is 42.0 Å². The van der Waals surface area contributed by atoms with Gasteiger partial charge in [0.1, 0.15) is 5.82 Å². The van der Waals surface area contributed by atoms with Gasteiger partial charge in [-0.05, 0) is 24.3 Å². The second-order valence-corrected chi connectivity index (χ2v) is 3.73. The van der Waals surface area contributed by atoms with E-state index < -0.39 is 11.7 Å². The Bertz CT molecular complexity index is 560. The van der Waals surface area contributed by atoms with Gasteiger partial charge < -0.3 is 5.32 Å². The van der Waals surface area contributed by atoms with Crippen LogP contribution in [0.15, 0.2) is 42.7 Å². The maximum absolute atomic E-state index is 12.9. The molecule has 0 aliphatic heterocycles. The summed E-state index contributed by atoms with van der Waals surface area (Å²) >= 11 is 5.84. The van der Waals surface area contributed by atoms with Crippen LogP contribution in [0.4, 0.5) is 10.1 Å². The summed E-state index contributed by atoms with van der Waals surface area (Å²) in [6.45, 7) is 0. The van der Waals surface area contributed by atoms with Crippen molar-refractivity contribution < 1.29 is 9.18 Å². The molecule has 0 spiro atoms. The van der Waals surface area contributed by atoms with Gasteiger partial charge in [0.25, 0.3) is 5.91 Å². The Labute approximate surface area is 102 Å². The minimum Gasteiger partial charge on any atom is -0.322 e. The van der Waals surface area contributed by atoms with Crippen LogP contribution in [0.2, 0.25) is 5.02 Å². The maximum atomic E-state index is 12.9. The van der Waals surface area contributed by atoms with Crippen molar-refractivity contribution in [2.24, 2.45) is 0 Å². The lowest BCUT2D eigenvalue weighted by atomic mass is 10.2. The predicted molar refractivity (Wildman–Crippen MR) is 63.6 cm³/mol. The number of pyridine rings is 1. The van der Waals surface area contributed by atoms with Gasteiger partial charge in [0.15, 0.2) is 0 Å². The zero-order valence-corrected chi connectivity index (χ0v) is 9.41. The highest BCUT2D eigenvalue weighted by Crippen LogP contribution is 2.16. The van der Waals surface area contributed by atoms with Gasteiger partial charge in [-0.15, -0.1) is 0 Å². The van der Waals surface area contributed by atoms with Gasteiger partial charge in [-0.3, -0.25) is 9.78 Å². The van der Waals surface area contributed by atoms with E-state index in [0.29, 0.717) is 10.7 Å². The van der Waals surface area contributed by atoms with E-state index in [1.54, 1.807) is 6.07 Å². The molecule has 0 saturated heterocycles. The fraction of sp³-hybridized carbons (Fsp3) is 0. The minimum atomic E-state index is -0.422. The third kappa shape index (κ3) is 2.79. The molecule has 0 unspecified atom stereocenters. The molecule has 0 atom stereocenters. The van der Waals surface area contributed by atoms with E-state index in [0.717, 1.165) is 0 Å². The first-order valence-corrected chi connectivity index (χ1v) is 5.21. The fourth-order valence-electron chi connectivity index (χ4n) is 1.31. The highest BCUT2D eigenvalue weighted by Gasteiger charge is 2.10. The Hall–Kier alpha value is -1.94. The summed E-state index contributed by atoms with van der Waals surface area (Å²) in [5.41, 5.74) is 0.619. The second-order valence-electron chi connectivity index (χ2n) is 3.32. The van der Waals surface area contributed by atoms with Crippen LogP contribution >= 0.6 is 11.6 Å². The number of hydrogen-bond acceptors (Lipinski definition) is 2. The average Bonchev–Trinajstić information content (AvgIpc) is 2.29. The SMILES string of the molecule is O=C(Nc1cccc(F)c1)c1cnccc1Cl. The number of carbonyl (C=O) groups is 1. The van der Waals surface area contributed by atoms with Crippen LogP contribution in [0.5, 0.6) is 0 Å². The summed E-state index contributed by atoms with van der Waals surface area (Å²) in [4.78, 5) is 15.6. The van der Waals surface area contributed by atoms with Gasteiger partial charge >= 0.3 is 0 Å². The van der Waals surface area contributed by atoms with Crippen molar-refractivity contribution >= 4 is 23.2 Å². The predicted octanol–water partition coefficient (Wildman–Crippen LogP) is 3.13. The molecule has 2 rings (SSSR count). The van der Waals surface area contributed by atoms with Gasteiger partial charge in [-0.25, -0.2) is 4.39 Å². The minimum absolute atomic E-state index is 0.249. The molecule has 0 aliphatic carbocycles. The zero-order chi connectivity index (χ0) is 12.3. The van der Waals surface area contributed by atoms with Crippen molar-refractivity contribution in [2.75, 3.05) is 5.32 Å². The number of amides is 1. The first-order chi connectivity index (χ1) is 8.16. The number of halogens is 2. The number of nitrogens with one attached hydrogen (secondary N) is 1. The summed E-state index contributed by atoms with van der Waals surface area (Å²) in [5, 5.41) is 2.84. The first kappa shape index (κ1) is 11.5.